The molecule has 0 amide bonds. The molecule has 16 heavy (non-hydrogen) atoms. The summed E-state index contributed by atoms with van der Waals surface area (Å²) in [4.78, 5) is 3.58. The van der Waals surface area contributed by atoms with E-state index in [-0.39, 0.29) is 5.41 Å². The molecule has 1 nitrogen and oxygen atoms in total. The molecule has 1 aliphatic rings. The Hall–Kier alpha value is -1.00. The summed E-state index contributed by atoms with van der Waals surface area (Å²) in [5, 5.41) is 0.765. The Morgan fingerprint density at radius 3 is 2.38 bits per heavy atom. The van der Waals surface area contributed by atoms with E-state index in [9.17, 15) is 0 Å². The van der Waals surface area contributed by atoms with E-state index in [1.165, 1.54) is 18.4 Å². The summed E-state index contributed by atoms with van der Waals surface area (Å²) in [7, 11) is 0. The largest absolute Gasteiger partial charge is 0.238 e. The van der Waals surface area contributed by atoms with Crippen LogP contribution in [0.5, 0.6) is 0 Å². The highest BCUT2D eigenvalue weighted by molar-refractivity contribution is 6.31. The van der Waals surface area contributed by atoms with Gasteiger partial charge in [0.05, 0.1) is 6.57 Å². The molecule has 0 saturated heterocycles. The zero-order chi connectivity index (χ0) is 11.9. The first-order valence-corrected chi connectivity index (χ1v) is 6.02. The topological polar surface area (TPSA) is 4.36 Å². The van der Waals surface area contributed by atoms with Crippen LogP contribution >= 0.6 is 11.6 Å². The second kappa shape index (κ2) is 3.79. The van der Waals surface area contributed by atoms with Gasteiger partial charge in [0.15, 0.2) is 5.69 Å². The summed E-state index contributed by atoms with van der Waals surface area (Å²) in [6.07, 6.45) is 2.47. The van der Waals surface area contributed by atoms with Crippen LogP contribution in [0.3, 0.4) is 0 Å². The van der Waals surface area contributed by atoms with E-state index in [0.29, 0.717) is 11.6 Å². The first-order chi connectivity index (χ1) is 7.43. The molecule has 1 aromatic carbocycles. The molecule has 0 bridgehead atoms. The van der Waals surface area contributed by atoms with E-state index < -0.39 is 0 Å². The van der Waals surface area contributed by atoms with E-state index in [4.69, 9.17) is 18.2 Å². The van der Waals surface area contributed by atoms with Crippen LogP contribution < -0.4 is 0 Å². The predicted octanol–water partition coefficient (Wildman–Crippen LogP) is 5.07. The van der Waals surface area contributed by atoms with Crippen LogP contribution in [0.2, 0.25) is 5.02 Å². The Bertz CT molecular complexity index is 459. The number of rotatable bonds is 1. The monoisotopic (exact) mass is 233 g/mol. The molecular weight excluding hydrogens is 218 g/mol. The minimum Gasteiger partial charge on any atom is -0.238 e. The standard InChI is InChI=1S/C14H16ClN/c1-14(2,3)11-7-10(9-5-6-9)12(15)8-13(11)16-4/h7-9H,5-6H2,1-3H3. The van der Waals surface area contributed by atoms with E-state index >= 15 is 0 Å². The van der Waals surface area contributed by atoms with Crippen molar-refractivity contribution in [3.63, 3.8) is 0 Å². The number of nitrogens with zero attached hydrogens (tertiary/aromatic N) is 1. The van der Waals surface area contributed by atoms with E-state index in [1.807, 2.05) is 6.07 Å². The van der Waals surface area contributed by atoms with Crippen molar-refractivity contribution in [3.05, 3.63) is 39.7 Å². The highest BCUT2D eigenvalue weighted by atomic mass is 35.5. The van der Waals surface area contributed by atoms with Gasteiger partial charge in [0.25, 0.3) is 0 Å². The molecule has 0 aliphatic heterocycles. The lowest BCUT2D eigenvalue weighted by Gasteiger charge is -2.22. The molecule has 1 aliphatic carbocycles. The molecular formula is C14H16ClN. The summed E-state index contributed by atoms with van der Waals surface area (Å²) in [6.45, 7) is 13.6. The second-order valence-corrected chi connectivity index (χ2v) is 5.93. The van der Waals surface area contributed by atoms with Crippen molar-refractivity contribution in [1.29, 1.82) is 0 Å². The molecule has 0 unspecified atom stereocenters. The Kier molecular flexibility index (Phi) is 2.72. The number of benzene rings is 1. The smallest absolute Gasteiger partial charge is 0.192 e. The minimum atomic E-state index is 0.00805. The lowest BCUT2D eigenvalue weighted by molar-refractivity contribution is 0.592. The zero-order valence-corrected chi connectivity index (χ0v) is 10.7. The molecule has 2 heteroatoms. The second-order valence-electron chi connectivity index (χ2n) is 5.53. The van der Waals surface area contributed by atoms with Crippen molar-refractivity contribution in [1.82, 2.24) is 0 Å². The van der Waals surface area contributed by atoms with Gasteiger partial charge in [-0.2, -0.15) is 0 Å². The molecule has 1 saturated carbocycles. The summed E-state index contributed by atoms with van der Waals surface area (Å²) >= 11 is 6.22. The van der Waals surface area contributed by atoms with Gasteiger partial charge in [0.1, 0.15) is 0 Å². The fraction of sp³-hybridized carbons (Fsp3) is 0.500. The Morgan fingerprint density at radius 1 is 1.31 bits per heavy atom. The van der Waals surface area contributed by atoms with Gasteiger partial charge in [-0.3, -0.25) is 0 Å². The molecule has 0 heterocycles. The third-order valence-electron chi connectivity index (χ3n) is 3.06. The van der Waals surface area contributed by atoms with Gasteiger partial charge in [0, 0.05) is 5.02 Å². The highest BCUT2D eigenvalue weighted by Gasteiger charge is 2.28. The van der Waals surface area contributed by atoms with Crippen molar-refractivity contribution in [2.75, 3.05) is 0 Å². The highest BCUT2D eigenvalue weighted by Crippen LogP contribution is 2.46. The molecule has 0 radical (unpaired) electrons. The Labute approximate surface area is 102 Å². The minimum absolute atomic E-state index is 0.00805. The number of halogens is 1. The van der Waals surface area contributed by atoms with Gasteiger partial charge < -0.3 is 0 Å². The molecule has 1 fully saturated rings. The maximum Gasteiger partial charge on any atom is 0.192 e. The Morgan fingerprint density at radius 2 is 1.94 bits per heavy atom. The molecule has 0 N–H and O–H groups in total. The maximum atomic E-state index is 7.22. The summed E-state index contributed by atoms with van der Waals surface area (Å²) in [5.41, 5.74) is 3.06. The lowest BCUT2D eigenvalue weighted by Crippen LogP contribution is -2.11. The fourth-order valence-electron chi connectivity index (χ4n) is 1.98. The molecule has 0 atom stereocenters. The Balaban J connectivity index is 2.58. The zero-order valence-electron chi connectivity index (χ0n) is 9.97. The number of hydrogen-bond donors (Lipinski definition) is 0. The SMILES string of the molecule is [C-]#[N+]c1cc(Cl)c(C2CC2)cc1C(C)(C)C. The van der Waals surface area contributed by atoms with Crippen LogP contribution in [-0.4, -0.2) is 0 Å². The quantitative estimate of drug-likeness (QED) is 0.597. The van der Waals surface area contributed by atoms with Crippen LogP contribution in [0.1, 0.15) is 50.7 Å². The van der Waals surface area contributed by atoms with Gasteiger partial charge in [-0.25, -0.2) is 4.85 Å². The van der Waals surface area contributed by atoms with Gasteiger partial charge in [-0.1, -0.05) is 38.4 Å². The average molecular weight is 234 g/mol. The van der Waals surface area contributed by atoms with E-state index in [1.54, 1.807) is 0 Å². The van der Waals surface area contributed by atoms with Crippen molar-refractivity contribution < 1.29 is 0 Å². The van der Waals surface area contributed by atoms with Gasteiger partial charge in [-0.05, 0) is 41.4 Å². The van der Waals surface area contributed by atoms with Crippen molar-refractivity contribution in [2.45, 2.75) is 44.9 Å². The molecule has 2 rings (SSSR count). The van der Waals surface area contributed by atoms with Crippen LogP contribution in [0, 0.1) is 6.57 Å². The van der Waals surface area contributed by atoms with E-state index in [0.717, 1.165) is 10.6 Å². The molecule has 84 valence electrons. The van der Waals surface area contributed by atoms with Crippen LogP contribution in [0.25, 0.3) is 4.85 Å². The maximum absolute atomic E-state index is 7.22. The molecule has 0 spiro atoms. The number of hydrogen-bond acceptors (Lipinski definition) is 0. The van der Waals surface area contributed by atoms with E-state index in [2.05, 4.69) is 31.7 Å². The summed E-state index contributed by atoms with van der Waals surface area (Å²) in [5.74, 6) is 0.633. The first kappa shape index (κ1) is 11.5. The van der Waals surface area contributed by atoms with Crippen molar-refractivity contribution in [3.8, 4) is 0 Å². The van der Waals surface area contributed by atoms with Gasteiger partial charge in [0.2, 0.25) is 0 Å². The third-order valence-corrected chi connectivity index (χ3v) is 3.39. The first-order valence-electron chi connectivity index (χ1n) is 5.65. The van der Waals surface area contributed by atoms with Gasteiger partial charge >= 0.3 is 0 Å². The van der Waals surface area contributed by atoms with Crippen LogP contribution in [0.15, 0.2) is 12.1 Å². The molecule has 0 aromatic heterocycles. The van der Waals surface area contributed by atoms with Crippen molar-refractivity contribution >= 4 is 17.3 Å². The van der Waals surface area contributed by atoms with Crippen LogP contribution in [0.4, 0.5) is 5.69 Å². The summed E-state index contributed by atoms with van der Waals surface area (Å²) in [6, 6.07) is 3.98. The normalized spacial score (nSPS) is 15.9. The van der Waals surface area contributed by atoms with Gasteiger partial charge in [-0.15, -0.1) is 0 Å². The lowest BCUT2D eigenvalue weighted by atomic mass is 9.84. The summed E-state index contributed by atoms with van der Waals surface area (Å²) < 4.78 is 0. The van der Waals surface area contributed by atoms with Crippen molar-refractivity contribution in [2.24, 2.45) is 0 Å². The third kappa shape index (κ3) is 2.08. The fourth-order valence-corrected chi connectivity index (χ4v) is 2.29. The predicted molar refractivity (Wildman–Crippen MR) is 68.4 cm³/mol. The average Bonchev–Trinajstić information content (AvgIpc) is 2.98. The van der Waals surface area contributed by atoms with Crippen LogP contribution in [-0.2, 0) is 5.41 Å². The molecule has 1 aromatic rings.